The maximum atomic E-state index is 4.41. The molecule has 0 aromatic carbocycles. The molecule has 22 heavy (non-hydrogen) atoms. The molecule has 5 nitrogen and oxygen atoms in total. The van der Waals surface area contributed by atoms with Gasteiger partial charge in [0.05, 0.1) is 6.20 Å². The van der Waals surface area contributed by atoms with Crippen molar-refractivity contribution in [3.8, 4) is 0 Å². The van der Waals surface area contributed by atoms with E-state index < -0.39 is 0 Å². The molecule has 1 saturated heterocycles. The van der Waals surface area contributed by atoms with Crippen LogP contribution in [0.1, 0.15) is 30.0 Å². The van der Waals surface area contributed by atoms with Gasteiger partial charge in [-0.15, -0.1) is 0 Å². The second-order valence-electron chi connectivity index (χ2n) is 5.88. The molecule has 1 fully saturated rings. The second kappa shape index (κ2) is 5.85. The van der Waals surface area contributed by atoms with Gasteiger partial charge in [0, 0.05) is 42.8 Å². The first-order chi connectivity index (χ1) is 10.9. The molecule has 0 amide bonds. The van der Waals surface area contributed by atoms with Crippen LogP contribution >= 0.6 is 0 Å². The standard InChI is InChI=1S/C17H19N5/c1-7-18-8-2-14(1)13-21-11-5-15(6-12-21)16-3-9-19-17-4-10-20-22(16)17/h1-4,7-10,15H,5-6,11-13H2. The first kappa shape index (κ1) is 13.4. The lowest BCUT2D eigenvalue weighted by Gasteiger charge is -2.32. The van der Waals surface area contributed by atoms with Gasteiger partial charge in [-0.2, -0.15) is 5.10 Å². The highest BCUT2D eigenvalue weighted by Gasteiger charge is 2.22. The maximum absolute atomic E-state index is 4.41. The lowest BCUT2D eigenvalue weighted by molar-refractivity contribution is 0.202. The number of nitrogens with zero attached hydrogens (tertiary/aromatic N) is 5. The summed E-state index contributed by atoms with van der Waals surface area (Å²) >= 11 is 0. The summed E-state index contributed by atoms with van der Waals surface area (Å²) in [5, 5.41) is 4.41. The first-order valence-corrected chi connectivity index (χ1v) is 7.80. The Bertz CT molecular complexity index is 744. The summed E-state index contributed by atoms with van der Waals surface area (Å²) in [4.78, 5) is 11.0. The Labute approximate surface area is 129 Å². The Balaban J connectivity index is 1.45. The van der Waals surface area contributed by atoms with Crippen molar-refractivity contribution in [1.82, 2.24) is 24.5 Å². The van der Waals surface area contributed by atoms with E-state index in [0.717, 1.165) is 25.3 Å². The molecule has 3 aromatic rings. The first-order valence-electron chi connectivity index (χ1n) is 7.80. The van der Waals surface area contributed by atoms with Crippen LogP contribution in [-0.4, -0.2) is 37.6 Å². The smallest absolute Gasteiger partial charge is 0.155 e. The van der Waals surface area contributed by atoms with Crippen LogP contribution in [0, 0.1) is 0 Å². The molecule has 0 atom stereocenters. The third kappa shape index (κ3) is 2.60. The van der Waals surface area contributed by atoms with Crippen LogP contribution in [0.2, 0.25) is 0 Å². The highest BCUT2D eigenvalue weighted by atomic mass is 15.3. The molecular weight excluding hydrogens is 274 g/mol. The number of hydrogen-bond donors (Lipinski definition) is 0. The van der Waals surface area contributed by atoms with Crippen molar-refractivity contribution in [2.24, 2.45) is 0 Å². The van der Waals surface area contributed by atoms with Crippen LogP contribution in [0.15, 0.2) is 49.1 Å². The molecule has 0 saturated carbocycles. The quantitative estimate of drug-likeness (QED) is 0.744. The summed E-state index contributed by atoms with van der Waals surface area (Å²) in [6.07, 6.45) is 9.80. The van der Waals surface area contributed by atoms with E-state index in [1.807, 2.05) is 35.4 Å². The molecule has 1 aliphatic rings. The molecule has 0 N–H and O–H groups in total. The molecule has 3 aromatic heterocycles. The van der Waals surface area contributed by atoms with E-state index in [1.165, 1.54) is 24.1 Å². The second-order valence-corrected chi connectivity index (χ2v) is 5.88. The van der Waals surface area contributed by atoms with Crippen molar-refractivity contribution in [1.29, 1.82) is 0 Å². The Morgan fingerprint density at radius 1 is 0.955 bits per heavy atom. The maximum Gasteiger partial charge on any atom is 0.155 e. The monoisotopic (exact) mass is 293 g/mol. The van der Waals surface area contributed by atoms with Crippen LogP contribution in [0.3, 0.4) is 0 Å². The Morgan fingerprint density at radius 3 is 2.59 bits per heavy atom. The summed E-state index contributed by atoms with van der Waals surface area (Å²) in [6, 6.07) is 8.27. The van der Waals surface area contributed by atoms with Crippen LogP contribution in [0.25, 0.3) is 5.65 Å². The molecule has 5 heteroatoms. The number of hydrogen-bond acceptors (Lipinski definition) is 4. The minimum atomic E-state index is 0.569. The average molecular weight is 293 g/mol. The van der Waals surface area contributed by atoms with Gasteiger partial charge in [-0.05, 0) is 49.7 Å². The molecule has 0 unspecified atom stereocenters. The molecule has 0 bridgehead atoms. The fraction of sp³-hybridized carbons (Fsp3) is 0.353. The zero-order chi connectivity index (χ0) is 14.8. The van der Waals surface area contributed by atoms with Gasteiger partial charge in [0.15, 0.2) is 5.65 Å². The Kier molecular flexibility index (Phi) is 3.56. The topological polar surface area (TPSA) is 46.3 Å². The van der Waals surface area contributed by atoms with Crippen LogP contribution in [0.4, 0.5) is 0 Å². The van der Waals surface area contributed by atoms with Crippen molar-refractivity contribution < 1.29 is 0 Å². The zero-order valence-corrected chi connectivity index (χ0v) is 12.5. The van der Waals surface area contributed by atoms with E-state index in [9.17, 15) is 0 Å². The third-order valence-corrected chi connectivity index (χ3v) is 4.48. The van der Waals surface area contributed by atoms with Crippen molar-refractivity contribution in [2.75, 3.05) is 13.1 Å². The lowest BCUT2D eigenvalue weighted by Crippen LogP contribution is -2.33. The fourth-order valence-electron chi connectivity index (χ4n) is 3.30. The van der Waals surface area contributed by atoms with E-state index in [-0.39, 0.29) is 0 Å². The summed E-state index contributed by atoms with van der Waals surface area (Å²) in [5.74, 6) is 0.569. The number of aromatic nitrogens is 4. The van der Waals surface area contributed by atoms with Gasteiger partial charge < -0.3 is 0 Å². The summed E-state index contributed by atoms with van der Waals surface area (Å²) in [5.41, 5.74) is 3.57. The van der Waals surface area contributed by atoms with E-state index >= 15 is 0 Å². The fourth-order valence-corrected chi connectivity index (χ4v) is 3.30. The highest BCUT2D eigenvalue weighted by molar-refractivity contribution is 5.37. The zero-order valence-electron chi connectivity index (χ0n) is 12.5. The molecule has 4 heterocycles. The van der Waals surface area contributed by atoms with Crippen LogP contribution in [0.5, 0.6) is 0 Å². The Hall–Kier alpha value is -2.27. The van der Waals surface area contributed by atoms with Gasteiger partial charge in [-0.3, -0.25) is 9.88 Å². The van der Waals surface area contributed by atoms with Gasteiger partial charge in [0.2, 0.25) is 0 Å². The normalized spacial score (nSPS) is 17.1. The minimum Gasteiger partial charge on any atom is -0.299 e. The number of piperidine rings is 1. The van der Waals surface area contributed by atoms with Gasteiger partial charge in [-0.25, -0.2) is 9.50 Å². The Morgan fingerprint density at radius 2 is 1.77 bits per heavy atom. The third-order valence-electron chi connectivity index (χ3n) is 4.48. The van der Waals surface area contributed by atoms with Crippen molar-refractivity contribution in [2.45, 2.75) is 25.3 Å². The van der Waals surface area contributed by atoms with E-state index in [2.05, 4.69) is 38.2 Å². The van der Waals surface area contributed by atoms with E-state index in [0.29, 0.717) is 5.92 Å². The minimum absolute atomic E-state index is 0.569. The predicted octanol–water partition coefficient (Wildman–Crippen LogP) is 2.50. The van der Waals surface area contributed by atoms with Crippen LogP contribution < -0.4 is 0 Å². The summed E-state index contributed by atoms with van der Waals surface area (Å²) in [7, 11) is 0. The van der Waals surface area contributed by atoms with Crippen molar-refractivity contribution >= 4 is 5.65 Å². The molecular formula is C17H19N5. The molecule has 0 spiro atoms. The largest absolute Gasteiger partial charge is 0.299 e. The molecule has 1 aliphatic heterocycles. The number of pyridine rings is 1. The molecule has 112 valence electrons. The number of likely N-dealkylation sites (tertiary alicyclic amines) is 1. The van der Waals surface area contributed by atoms with Crippen molar-refractivity contribution in [3.63, 3.8) is 0 Å². The van der Waals surface area contributed by atoms with Gasteiger partial charge in [0.25, 0.3) is 0 Å². The number of rotatable bonds is 3. The average Bonchev–Trinajstić information content (AvgIpc) is 3.05. The van der Waals surface area contributed by atoms with E-state index in [1.54, 1.807) is 0 Å². The molecule has 4 rings (SSSR count). The SMILES string of the molecule is c1cc(CN2CCC(c3ccnc4ccnn34)CC2)ccn1. The van der Waals surface area contributed by atoms with Crippen LogP contribution in [-0.2, 0) is 6.54 Å². The highest BCUT2D eigenvalue weighted by Crippen LogP contribution is 2.28. The lowest BCUT2D eigenvalue weighted by atomic mass is 9.93. The summed E-state index contributed by atoms with van der Waals surface area (Å²) < 4.78 is 1.99. The van der Waals surface area contributed by atoms with Gasteiger partial charge >= 0.3 is 0 Å². The van der Waals surface area contributed by atoms with Gasteiger partial charge in [0.1, 0.15) is 0 Å². The predicted molar refractivity (Wildman–Crippen MR) is 84.5 cm³/mol. The molecule has 0 radical (unpaired) electrons. The van der Waals surface area contributed by atoms with E-state index in [4.69, 9.17) is 0 Å². The van der Waals surface area contributed by atoms with Gasteiger partial charge in [-0.1, -0.05) is 0 Å². The number of fused-ring (bicyclic) bond motifs is 1. The van der Waals surface area contributed by atoms with Crippen molar-refractivity contribution in [3.05, 3.63) is 60.3 Å². The summed E-state index contributed by atoms with van der Waals surface area (Å²) in [6.45, 7) is 3.26. The molecule has 0 aliphatic carbocycles.